The van der Waals surface area contributed by atoms with Gasteiger partial charge in [0.2, 0.25) is 5.82 Å². The minimum absolute atomic E-state index is 0.0356. The van der Waals surface area contributed by atoms with Crippen molar-refractivity contribution in [1.29, 1.82) is 0 Å². The molecule has 3 rings (SSSR count). The third-order valence-corrected chi connectivity index (χ3v) is 3.06. The van der Waals surface area contributed by atoms with Gasteiger partial charge >= 0.3 is 0 Å². The fraction of sp³-hybridized carbons (Fsp3) is 0.154. The van der Waals surface area contributed by atoms with Gasteiger partial charge in [0.05, 0.1) is 4.47 Å². The Hall–Kier alpha value is -1.75. The molecule has 1 atom stereocenters. The topological polar surface area (TPSA) is 47.4 Å². The van der Waals surface area contributed by atoms with Crippen LogP contribution in [0.2, 0.25) is 0 Å². The van der Waals surface area contributed by atoms with E-state index in [-0.39, 0.29) is 6.04 Å². The molecular formula is C13H10BrN3O. The number of halogens is 1. The van der Waals surface area contributed by atoms with E-state index < -0.39 is 0 Å². The molecule has 1 aromatic carbocycles. The highest BCUT2D eigenvalue weighted by molar-refractivity contribution is 9.10. The van der Waals surface area contributed by atoms with Crippen LogP contribution in [0.15, 0.2) is 52.2 Å². The lowest BCUT2D eigenvalue weighted by Gasteiger charge is -2.03. The molecule has 0 fully saturated rings. The van der Waals surface area contributed by atoms with Crippen molar-refractivity contribution in [3.05, 3.63) is 58.6 Å². The van der Waals surface area contributed by atoms with Crippen LogP contribution in [0.25, 0.3) is 0 Å². The summed E-state index contributed by atoms with van der Waals surface area (Å²) in [5.74, 6) is 1.04. The molecule has 5 heteroatoms. The zero-order valence-electron chi connectivity index (χ0n) is 9.45. The highest BCUT2D eigenvalue weighted by atomic mass is 79.9. The Bertz CT molecular complexity index is 569. The third-order valence-electron chi connectivity index (χ3n) is 2.65. The molecule has 1 aromatic heterocycles. The van der Waals surface area contributed by atoms with Gasteiger partial charge in [-0.3, -0.25) is 0 Å². The van der Waals surface area contributed by atoms with E-state index in [2.05, 4.69) is 30.9 Å². The smallest absolute Gasteiger partial charge is 0.255 e. The molecule has 18 heavy (non-hydrogen) atoms. The number of hydrogen-bond donors (Lipinski definition) is 0. The number of aromatic nitrogens is 2. The minimum Gasteiger partial charge on any atom is -0.473 e. The molecule has 0 unspecified atom stereocenters. The molecule has 1 aliphatic rings. The number of aliphatic imine (C=N–C) groups is 1. The summed E-state index contributed by atoms with van der Waals surface area (Å²) in [6.07, 6.45) is 3.37. The first-order valence-electron chi connectivity index (χ1n) is 5.56. The van der Waals surface area contributed by atoms with Crippen LogP contribution in [0.4, 0.5) is 0 Å². The van der Waals surface area contributed by atoms with Gasteiger partial charge in [0, 0.05) is 12.4 Å². The van der Waals surface area contributed by atoms with E-state index in [0.29, 0.717) is 18.3 Å². The van der Waals surface area contributed by atoms with Crippen molar-refractivity contribution < 1.29 is 4.74 Å². The number of hydrogen-bond acceptors (Lipinski definition) is 4. The van der Waals surface area contributed by atoms with Gasteiger partial charge in [0.15, 0.2) is 0 Å². The van der Waals surface area contributed by atoms with E-state index in [1.165, 1.54) is 0 Å². The fourth-order valence-corrected chi connectivity index (χ4v) is 1.97. The van der Waals surface area contributed by atoms with Crippen LogP contribution in [-0.4, -0.2) is 22.5 Å². The lowest BCUT2D eigenvalue weighted by Crippen LogP contribution is -2.06. The quantitative estimate of drug-likeness (QED) is 0.857. The first kappa shape index (κ1) is 11.3. The zero-order chi connectivity index (χ0) is 12.4. The maximum atomic E-state index is 5.56. The molecule has 0 radical (unpaired) electrons. The summed E-state index contributed by atoms with van der Waals surface area (Å²) in [5.41, 5.74) is 1.14. The second-order valence-electron chi connectivity index (χ2n) is 3.90. The number of rotatable bonds is 2. The van der Waals surface area contributed by atoms with Crippen molar-refractivity contribution in [1.82, 2.24) is 9.97 Å². The van der Waals surface area contributed by atoms with Gasteiger partial charge in [-0.2, -0.15) is 0 Å². The number of benzene rings is 1. The maximum Gasteiger partial charge on any atom is 0.255 e. The normalized spacial score (nSPS) is 18.3. The predicted molar refractivity (Wildman–Crippen MR) is 71.4 cm³/mol. The molecule has 4 nitrogen and oxygen atoms in total. The molecule has 0 N–H and O–H groups in total. The van der Waals surface area contributed by atoms with Crippen LogP contribution in [-0.2, 0) is 4.74 Å². The molecule has 1 aliphatic heterocycles. The molecule has 0 amide bonds. The van der Waals surface area contributed by atoms with Crippen molar-refractivity contribution in [2.75, 3.05) is 6.61 Å². The Morgan fingerprint density at radius 1 is 1.11 bits per heavy atom. The summed E-state index contributed by atoms with van der Waals surface area (Å²) < 4.78 is 6.39. The fourth-order valence-electron chi connectivity index (χ4n) is 1.76. The van der Waals surface area contributed by atoms with E-state index >= 15 is 0 Å². The molecular weight excluding hydrogens is 294 g/mol. The largest absolute Gasteiger partial charge is 0.473 e. The van der Waals surface area contributed by atoms with Crippen LogP contribution in [0.3, 0.4) is 0 Å². The van der Waals surface area contributed by atoms with Gasteiger partial charge in [0.25, 0.3) is 5.90 Å². The highest BCUT2D eigenvalue weighted by Crippen LogP contribution is 2.23. The van der Waals surface area contributed by atoms with Crippen LogP contribution in [0.5, 0.6) is 0 Å². The van der Waals surface area contributed by atoms with Crippen molar-refractivity contribution in [3.63, 3.8) is 0 Å². The summed E-state index contributed by atoms with van der Waals surface area (Å²) >= 11 is 3.30. The van der Waals surface area contributed by atoms with E-state index in [4.69, 9.17) is 4.74 Å². The first-order valence-corrected chi connectivity index (χ1v) is 6.36. The summed E-state index contributed by atoms with van der Waals surface area (Å²) in [4.78, 5) is 12.9. The molecule has 0 saturated carbocycles. The summed E-state index contributed by atoms with van der Waals surface area (Å²) in [6, 6.07) is 10.1. The Labute approximate surface area is 113 Å². The second kappa shape index (κ2) is 4.86. The minimum atomic E-state index is 0.0356. The first-order chi connectivity index (χ1) is 8.83. The van der Waals surface area contributed by atoms with E-state index in [0.717, 1.165) is 10.0 Å². The van der Waals surface area contributed by atoms with E-state index in [1.807, 2.05) is 30.3 Å². The maximum absolute atomic E-state index is 5.56. The number of ether oxygens (including phenoxy) is 1. The van der Waals surface area contributed by atoms with Gasteiger partial charge < -0.3 is 4.74 Å². The number of nitrogens with zero attached hydrogens (tertiary/aromatic N) is 3. The van der Waals surface area contributed by atoms with Crippen molar-refractivity contribution in [3.8, 4) is 0 Å². The summed E-state index contributed by atoms with van der Waals surface area (Å²) in [5, 5.41) is 0. The summed E-state index contributed by atoms with van der Waals surface area (Å²) in [7, 11) is 0. The van der Waals surface area contributed by atoms with E-state index in [9.17, 15) is 0 Å². The predicted octanol–water partition coefficient (Wildman–Crippen LogP) is 2.76. The molecule has 90 valence electrons. The molecule has 0 aliphatic carbocycles. The lowest BCUT2D eigenvalue weighted by molar-refractivity contribution is 0.318. The molecule has 0 saturated heterocycles. The van der Waals surface area contributed by atoms with Crippen LogP contribution in [0, 0.1) is 0 Å². The standard InChI is InChI=1S/C13H10BrN3O/c14-10-6-15-12(16-7-10)13-17-11(8-18-13)9-4-2-1-3-5-9/h1-7,11H,8H2/t11-/m1/s1. The average molecular weight is 304 g/mol. The average Bonchev–Trinajstić information content (AvgIpc) is 2.90. The van der Waals surface area contributed by atoms with Gasteiger partial charge in [0.1, 0.15) is 12.6 Å². The lowest BCUT2D eigenvalue weighted by atomic mass is 10.1. The van der Waals surface area contributed by atoms with Crippen LogP contribution >= 0.6 is 15.9 Å². The molecule has 2 heterocycles. The second-order valence-corrected chi connectivity index (χ2v) is 4.81. The van der Waals surface area contributed by atoms with Gasteiger partial charge in [-0.05, 0) is 21.5 Å². The van der Waals surface area contributed by atoms with Crippen molar-refractivity contribution >= 4 is 21.8 Å². The van der Waals surface area contributed by atoms with Gasteiger partial charge in [-0.15, -0.1) is 0 Å². The van der Waals surface area contributed by atoms with Crippen LogP contribution in [0.1, 0.15) is 17.4 Å². The van der Waals surface area contributed by atoms with Crippen molar-refractivity contribution in [2.24, 2.45) is 4.99 Å². The Balaban J connectivity index is 1.86. The Morgan fingerprint density at radius 2 is 1.83 bits per heavy atom. The monoisotopic (exact) mass is 303 g/mol. The summed E-state index contributed by atoms with van der Waals surface area (Å²) in [6.45, 7) is 0.540. The van der Waals surface area contributed by atoms with Crippen molar-refractivity contribution in [2.45, 2.75) is 6.04 Å². The van der Waals surface area contributed by atoms with Crippen LogP contribution < -0.4 is 0 Å². The molecule has 2 aromatic rings. The Kier molecular flexibility index (Phi) is 3.06. The van der Waals surface area contributed by atoms with Gasteiger partial charge in [-0.1, -0.05) is 30.3 Å². The highest BCUT2D eigenvalue weighted by Gasteiger charge is 2.22. The zero-order valence-corrected chi connectivity index (χ0v) is 11.0. The molecule has 0 bridgehead atoms. The van der Waals surface area contributed by atoms with E-state index in [1.54, 1.807) is 12.4 Å². The SMILES string of the molecule is Brc1cnc(C2=N[C@@H](c3ccccc3)CO2)nc1. The Morgan fingerprint density at radius 3 is 2.56 bits per heavy atom. The van der Waals surface area contributed by atoms with Gasteiger partial charge in [-0.25, -0.2) is 15.0 Å². The molecule has 0 spiro atoms. The third kappa shape index (κ3) is 2.26.